The molecule has 0 aromatic carbocycles. The second kappa shape index (κ2) is 9.59. The number of rotatable bonds is 6. The van der Waals surface area contributed by atoms with Gasteiger partial charge in [0.15, 0.2) is 14.1 Å². The molecule has 10 nitrogen and oxygen atoms in total. The van der Waals surface area contributed by atoms with E-state index in [0.29, 0.717) is 48.9 Å². The molecule has 2 aliphatic heterocycles. The van der Waals surface area contributed by atoms with Crippen LogP contribution in [0.3, 0.4) is 0 Å². The number of ether oxygens (including phenoxy) is 1. The van der Waals surface area contributed by atoms with E-state index in [-0.39, 0.29) is 10.9 Å². The second-order valence-corrected chi connectivity index (χ2v) is 16.6. The predicted molar refractivity (Wildman–Crippen MR) is 146 cm³/mol. The average Bonchev–Trinajstić information content (AvgIpc) is 3.46. The maximum Gasteiger partial charge on any atom is 0.243 e. The number of nitrogens with one attached hydrogen (secondary N) is 1. The lowest BCUT2D eigenvalue weighted by atomic mass is 9.80. The summed E-state index contributed by atoms with van der Waals surface area (Å²) < 4.78 is 11.9. The standard InChI is InChI=1S/C26H39N7O3Si/c1-25(2,3)37(5,6)36-17-19-30-21(27-4)20-22(31-19)33(23(34)26(20)9-7-8-10-26)18-15-28-24(29-16-18)32-11-13-35-14-12-32/h15-16H,7-14,17H2,1-6H3,(H,27,30,31). The lowest BCUT2D eigenvalue weighted by molar-refractivity contribution is -0.122. The Balaban J connectivity index is 1.53. The molecule has 3 aliphatic rings. The topological polar surface area (TPSA) is 106 Å². The number of hydrogen-bond donors (Lipinski definition) is 1. The molecule has 2 aromatic rings. The van der Waals surface area contributed by atoms with E-state index in [1.165, 1.54) is 0 Å². The molecule has 0 radical (unpaired) electrons. The number of carbonyl (C=O) groups is 1. The highest BCUT2D eigenvalue weighted by Gasteiger charge is 2.55. The van der Waals surface area contributed by atoms with Crippen molar-refractivity contribution in [3.05, 3.63) is 23.8 Å². The van der Waals surface area contributed by atoms with E-state index in [1.54, 1.807) is 17.3 Å². The van der Waals surface area contributed by atoms with Gasteiger partial charge in [-0.3, -0.25) is 9.69 Å². The smallest absolute Gasteiger partial charge is 0.243 e. The third-order valence-corrected chi connectivity index (χ3v) is 13.0. The van der Waals surface area contributed by atoms with Crippen LogP contribution in [0, 0.1) is 0 Å². The van der Waals surface area contributed by atoms with Crippen molar-refractivity contribution in [3.63, 3.8) is 0 Å². The number of hydrogen-bond acceptors (Lipinski definition) is 9. The summed E-state index contributed by atoms with van der Waals surface area (Å²) in [6, 6.07) is 0. The van der Waals surface area contributed by atoms with Gasteiger partial charge >= 0.3 is 0 Å². The van der Waals surface area contributed by atoms with E-state index in [9.17, 15) is 4.79 Å². The summed E-state index contributed by atoms with van der Waals surface area (Å²) in [5.74, 6) is 2.60. The van der Waals surface area contributed by atoms with Crippen LogP contribution in [0.5, 0.6) is 0 Å². The Labute approximate surface area is 220 Å². The fourth-order valence-corrected chi connectivity index (χ4v) is 6.18. The first-order valence-corrected chi connectivity index (χ1v) is 16.2. The Hall–Kier alpha value is -2.63. The van der Waals surface area contributed by atoms with Gasteiger partial charge in [-0.05, 0) is 31.0 Å². The monoisotopic (exact) mass is 525 g/mol. The average molecular weight is 526 g/mol. The Bertz CT molecular complexity index is 1150. The van der Waals surface area contributed by atoms with Gasteiger partial charge in [0, 0.05) is 20.1 Å². The molecule has 0 unspecified atom stereocenters. The summed E-state index contributed by atoms with van der Waals surface area (Å²) in [5.41, 5.74) is 0.907. The Morgan fingerprint density at radius 3 is 2.35 bits per heavy atom. The van der Waals surface area contributed by atoms with Crippen LogP contribution in [0.1, 0.15) is 57.8 Å². The molecule has 200 valence electrons. The first kappa shape index (κ1) is 26.0. The van der Waals surface area contributed by atoms with Gasteiger partial charge in [0.05, 0.1) is 48.9 Å². The van der Waals surface area contributed by atoms with Crippen LogP contribution in [-0.4, -0.2) is 67.5 Å². The number of nitrogens with zero attached hydrogens (tertiary/aromatic N) is 6. The van der Waals surface area contributed by atoms with Gasteiger partial charge in [-0.15, -0.1) is 0 Å². The molecule has 1 saturated heterocycles. The highest BCUT2D eigenvalue weighted by atomic mass is 28.4. The van der Waals surface area contributed by atoms with E-state index >= 15 is 0 Å². The summed E-state index contributed by atoms with van der Waals surface area (Å²) in [7, 11) is -0.147. The van der Waals surface area contributed by atoms with Gasteiger partial charge in [-0.1, -0.05) is 33.6 Å². The minimum absolute atomic E-state index is 0.0380. The molecule has 4 heterocycles. The van der Waals surface area contributed by atoms with Crippen molar-refractivity contribution in [1.82, 2.24) is 19.9 Å². The lowest BCUT2D eigenvalue weighted by Gasteiger charge is -2.35. The van der Waals surface area contributed by atoms with Crippen LogP contribution in [0.2, 0.25) is 18.1 Å². The van der Waals surface area contributed by atoms with E-state index in [4.69, 9.17) is 19.1 Å². The summed E-state index contributed by atoms with van der Waals surface area (Å²) in [4.78, 5) is 37.0. The number of morpholine rings is 1. The molecule has 37 heavy (non-hydrogen) atoms. The number of fused-ring (bicyclic) bond motifs is 2. The van der Waals surface area contributed by atoms with Crippen molar-refractivity contribution >= 4 is 37.5 Å². The summed E-state index contributed by atoms with van der Waals surface area (Å²) >= 11 is 0. The molecule has 5 rings (SSSR count). The maximum absolute atomic E-state index is 14.1. The maximum atomic E-state index is 14.1. The van der Waals surface area contributed by atoms with Crippen LogP contribution >= 0.6 is 0 Å². The molecule has 11 heteroatoms. The number of carbonyl (C=O) groups excluding carboxylic acids is 1. The largest absolute Gasteiger partial charge is 0.409 e. The van der Waals surface area contributed by atoms with Gasteiger partial charge in [0.2, 0.25) is 11.9 Å². The molecule has 1 saturated carbocycles. The zero-order chi connectivity index (χ0) is 26.4. The van der Waals surface area contributed by atoms with Gasteiger partial charge in [-0.2, -0.15) is 0 Å². The van der Waals surface area contributed by atoms with Crippen molar-refractivity contribution < 1.29 is 14.0 Å². The third kappa shape index (κ3) is 4.50. The van der Waals surface area contributed by atoms with E-state index < -0.39 is 13.7 Å². The van der Waals surface area contributed by atoms with E-state index in [2.05, 4.69) is 54.0 Å². The van der Waals surface area contributed by atoms with Crippen molar-refractivity contribution in [3.8, 4) is 0 Å². The summed E-state index contributed by atoms with van der Waals surface area (Å²) in [6.45, 7) is 14.2. The van der Waals surface area contributed by atoms with Crippen molar-refractivity contribution in [2.45, 2.75) is 76.6 Å². The number of aromatic nitrogens is 4. The normalized spacial score (nSPS) is 19.6. The van der Waals surface area contributed by atoms with Gasteiger partial charge in [-0.25, -0.2) is 19.9 Å². The number of amides is 1. The Morgan fingerprint density at radius 1 is 1.11 bits per heavy atom. The van der Waals surface area contributed by atoms with Crippen LogP contribution in [0.4, 0.5) is 23.3 Å². The molecule has 1 amide bonds. The SMILES string of the molecule is CNc1nc(CO[Si](C)(C)C(C)(C)C)nc2c1C1(CCCC1)C(=O)N2c1cnc(N2CCOCC2)nc1. The van der Waals surface area contributed by atoms with Crippen molar-refractivity contribution in [2.75, 3.05) is 48.5 Å². The molecular weight excluding hydrogens is 486 g/mol. The van der Waals surface area contributed by atoms with Crippen molar-refractivity contribution in [1.29, 1.82) is 0 Å². The molecule has 2 aromatic heterocycles. The molecule has 0 bridgehead atoms. The fraction of sp³-hybridized carbons (Fsp3) is 0.654. The first-order chi connectivity index (χ1) is 17.6. The van der Waals surface area contributed by atoms with Crippen LogP contribution in [0.25, 0.3) is 0 Å². The van der Waals surface area contributed by atoms with Crippen LogP contribution in [0.15, 0.2) is 12.4 Å². The lowest BCUT2D eigenvalue weighted by Crippen LogP contribution is -2.40. The molecule has 2 fully saturated rings. The Morgan fingerprint density at radius 2 is 1.76 bits per heavy atom. The number of anilines is 4. The van der Waals surface area contributed by atoms with Crippen LogP contribution in [-0.2, 0) is 26.0 Å². The van der Waals surface area contributed by atoms with Crippen molar-refractivity contribution in [2.24, 2.45) is 0 Å². The molecular formula is C26H39N7O3Si. The summed E-state index contributed by atoms with van der Waals surface area (Å²) in [6.07, 6.45) is 7.07. The molecule has 0 atom stereocenters. The quantitative estimate of drug-likeness (QED) is 0.557. The predicted octanol–water partition coefficient (Wildman–Crippen LogP) is 4.16. The van der Waals surface area contributed by atoms with E-state index in [1.807, 2.05) is 7.05 Å². The molecule has 1 spiro atoms. The molecule has 1 N–H and O–H groups in total. The second-order valence-electron chi connectivity index (χ2n) is 11.8. The van der Waals surface area contributed by atoms with Gasteiger partial charge < -0.3 is 19.4 Å². The minimum atomic E-state index is -2.00. The van der Waals surface area contributed by atoms with Gasteiger partial charge in [0.25, 0.3) is 0 Å². The highest BCUT2D eigenvalue weighted by Crippen LogP contribution is 2.54. The third-order valence-electron chi connectivity index (χ3n) is 8.48. The molecule has 1 aliphatic carbocycles. The zero-order valence-electron chi connectivity index (χ0n) is 22.9. The minimum Gasteiger partial charge on any atom is -0.409 e. The van der Waals surface area contributed by atoms with Crippen LogP contribution < -0.4 is 15.1 Å². The zero-order valence-corrected chi connectivity index (χ0v) is 23.9. The van der Waals surface area contributed by atoms with E-state index in [0.717, 1.165) is 44.3 Å². The first-order valence-electron chi connectivity index (χ1n) is 13.3. The summed E-state index contributed by atoms with van der Waals surface area (Å²) in [5, 5.41) is 3.34. The fourth-order valence-electron chi connectivity index (χ4n) is 5.26. The van der Waals surface area contributed by atoms with Gasteiger partial charge in [0.1, 0.15) is 11.6 Å². The highest BCUT2D eigenvalue weighted by molar-refractivity contribution is 6.74. The Kier molecular flexibility index (Phi) is 6.74.